The molecule has 0 bridgehead atoms. The second-order valence-electron chi connectivity index (χ2n) is 7.41. The van der Waals surface area contributed by atoms with Gasteiger partial charge in [0.15, 0.2) is 5.54 Å². The van der Waals surface area contributed by atoms with Gasteiger partial charge in [-0.15, -0.1) is 0 Å². The minimum Gasteiger partial charge on any atom is -0.493 e. The van der Waals surface area contributed by atoms with Crippen LogP contribution in [0.3, 0.4) is 0 Å². The molecule has 7 heteroatoms. The molecule has 0 unspecified atom stereocenters. The SMILES string of the molecule is Cc1ccc2c(CN3C(=O)N[C@]4(CCOc5ccccc54)C3=O)cc(=O)oc2c1. The number of aryl methyl sites for hydroxylation is 1. The number of imide groups is 1. The topological polar surface area (TPSA) is 88.9 Å². The molecule has 2 aromatic carbocycles. The van der Waals surface area contributed by atoms with Crippen molar-refractivity contribution in [2.24, 2.45) is 0 Å². The fourth-order valence-electron chi connectivity index (χ4n) is 4.15. The Balaban J connectivity index is 1.56. The van der Waals surface area contributed by atoms with Crippen molar-refractivity contribution in [3.8, 4) is 5.75 Å². The lowest BCUT2D eigenvalue weighted by molar-refractivity contribution is -0.133. The summed E-state index contributed by atoms with van der Waals surface area (Å²) in [4.78, 5) is 39.4. The van der Waals surface area contributed by atoms with Crippen LogP contribution < -0.4 is 15.7 Å². The standard InChI is InChI=1S/C22H18N2O5/c1-13-6-7-15-14(11-19(25)29-18(15)10-13)12-24-20(26)22(23-21(24)27)8-9-28-17-5-3-2-4-16(17)22/h2-7,10-11H,8-9,12H2,1H3,(H,23,27)/t22-/m0/s1. The smallest absolute Gasteiger partial charge is 0.336 e. The van der Waals surface area contributed by atoms with Crippen LogP contribution in [-0.2, 0) is 16.9 Å². The van der Waals surface area contributed by atoms with E-state index < -0.39 is 17.2 Å². The van der Waals surface area contributed by atoms with E-state index >= 15 is 0 Å². The fourth-order valence-corrected chi connectivity index (χ4v) is 4.15. The Bertz CT molecular complexity index is 1230. The number of benzene rings is 2. The highest BCUT2D eigenvalue weighted by atomic mass is 16.5. The first-order chi connectivity index (χ1) is 14.0. The van der Waals surface area contributed by atoms with Gasteiger partial charge in [0.05, 0.1) is 13.2 Å². The molecule has 0 aliphatic carbocycles. The van der Waals surface area contributed by atoms with E-state index in [1.54, 1.807) is 18.2 Å². The number of carbonyl (C=O) groups excluding carboxylic acids is 2. The van der Waals surface area contributed by atoms with Crippen LogP contribution in [0.1, 0.15) is 23.1 Å². The van der Waals surface area contributed by atoms with Crippen LogP contribution in [0.25, 0.3) is 11.0 Å². The third-order valence-electron chi connectivity index (χ3n) is 5.57. The molecular formula is C22H18N2O5. The summed E-state index contributed by atoms with van der Waals surface area (Å²) in [5, 5.41) is 3.57. The molecule has 1 aromatic heterocycles. The fraction of sp³-hybridized carbons (Fsp3) is 0.227. The number of carbonyl (C=O) groups is 2. The van der Waals surface area contributed by atoms with Crippen molar-refractivity contribution in [3.63, 3.8) is 0 Å². The number of ether oxygens (including phenoxy) is 1. The normalized spacial score (nSPS) is 20.7. The molecule has 1 atom stereocenters. The molecule has 3 aromatic rings. The summed E-state index contributed by atoms with van der Waals surface area (Å²) in [6.45, 7) is 2.21. The van der Waals surface area contributed by atoms with Gasteiger partial charge in [-0.3, -0.25) is 9.69 Å². The molecule has 5 rings (SSSR count). The molecule has 3 amide bonds. The summed E-state index contributed by atoms with van der Waals surface area (Å²) in [5.74, 6) is 0.252. The quantitative estimate of drug-likeness (QED) is 0.537. The second kappa shape index (κ2) is 6.20. The van der Waals surface area contributed by atoms with Crippen molar-refractivity contribution in [3.05, 3.63) is 75.6 Å². The van der Waals surface area contributed by atoms with Crippen molar-refractivity contribution in [1.29, 1.82) is 0 Å². The largest absolute Gasteiger partial charge is 0.493 e. The predicted molar refractivity (Wildman–Crippen MR) is 105 cm³/mol. The molecule has 3 heterocycles. The second-order valence-corrected chi connectivity index (χ2v) is 7.41. The highest BCUT2D eigenvalue weighted by molar-refractivity contribution is 6.08. The number of nitrogens with zero attached hydrogens (tertiary/aromatic N) is 1. The summed E-state index contributed by atoms with van der Waals surface area (Å²) in [7, 11) is 0. The number of fused-ring (bicyclic) bond motifs is 3. The summed E-state index contributed by atoms with van der Waals surface area (Å²) >= 11 is 0. The minimum atomic E-state index is -1.14. The molecule has 2 aliphatic heterocycles. The number of hydrogen-bond acceptors (Lipinski definition) is 5. The van der Waals surface area contributed by atoms with Crippen LogP contribution in [0.4, 0.5) is 4.79 Å². The summed E-state index contributed by atoms with van der Waals surface area (Å²) in [5.41, 5.74) is 0.947. The van der Waals surface area contributed by atoms with E-state index in [1.807, 2.05) is 31.2 Å². The van der Waals surface area contributed by atoms with Gasteiger partial charge in [-0.2, -0.15) is 0 Å². The van der Waals surface area contributed by atoms with Gasteiger partial charge >= 0.3 is 11.7 Å². The van der Waals surface area contributed by atoms with Gasteiger partial charge in [0, 0.05) is 23.4 Å². The van der Waals surface area contributed by atoms with Crippen molar-refractivity contribution >= 4 is 22.9 Å². The zero-order valence-electron chi connectivity index (χ0n) is 15.7. The van der Waals surface area contributed by atoms with E-state index in [-0.39, 0.29) is 12.5 Å². The van der Waals surface area contributed by atoms with Gasteiger partial charge in [0.25, 0.3) is 5.91 Å². The Morgan fingerprint density at radius 2 is 1.93 bits per heavy atom. The highest BCUT2D eigenvalue weighted by Crippen LogP contribution is 2.41. The molecular weight excluding hydrogens is 372 g/mol. The highest BCUT2D eigenvalue weighted by Gasteiger charge is 2.54. The first kappa shape index (κ1) is 17.5. The van der Waals surface area contributed by atoms with Crippen LogP contribution in [0.2, 0.25) is 0 Å². The van der Waals surface area contributed by atoms with Gasteiger partial charge in [-0.25, -0.2) is 9.59 Å². The number of urea groups is 1. The van der Waals surface area contributed by atoms with Crippen molar-refractivity contribution in [2.75, 3.05) is 6.61 Å². The number of amides is 3. The summed E-state index contributed by atoms with van der Waals surface area (Å²) in [6, 6.07) is 13.6. The maximum atomic E-state index is 13.4. The molecule has 146 valence electrons. The average Bonchev–Trinajstić information content (AvgIpc) is 2.92. The zero-order valence-corrected chi connectivity index (χ0v) is 15.7. The monoisotopic (exact) mass is 390 g/mol. The first-order valence-electron chi connectivity index (χ1n) is 9.38. The van der Waals surface area contributed by atoms with Gasteiger partial charge in [0.1, 0.15) is 11.3 Å². The lowest BCUT2D eigenvalue weighted by atomic mass is 9.84. The Morgan fingerprint density at radius 1 is 1.10 bits per heavy atom. The van der Waals surface area contributed by atoms with Gasteiger partial charge in [0.2, 0.25) is 0 Å². The minimum absolute atomic E-state index is 0.0133. The van der Waals surface area contributed by atoms with Gasteiger partial charge < -0.3 is 14.5 Å². The Labute approximate surface area is 165 Å². The molecule has 29 heavy (non-hydrogen) atoms. The zero-order chi connectivity index (χ0) is 20.2. The summed E-state index contributed by atoms with van der Waals surface area (Å²) in [6.07, 6.45) is 0.349. The van der Waals surface area contributed by atoms with Gasteiger partial charge in [-0.05, 0) is 30.2 Å². The van der Waals surface area contributed by atoms with Crippen LogP contribution in [0.5, 0.6) is 5.75 Å². The number of nitrogens with one attached hydrogen (secondary N) is 1. The molecule has 1 fully saturated rings. The first-order valence-corrected chi connectivity index (χ1v) is 9.38. The molecule has 7 nitrogen and oxygen atoms in total. The molecule has 1 N–H and O–H groups in total. The Morgan fingerprint density at radius 3 is 2.79 bits per heavy atom. The predicted octanol–water partition coefficient (Wildman–Crippen LogP) is 2.83. The maximum Gasteiger partial charge on any atom is 0.336 e. The Hall–Kier alpha value is -3.61. The number of para-hydroxylation sites is 1. The van der Waals surface area contributed by atoms with E-state index in [0.29, 0.717) is 40.9 Å². The third kappa shape index (κ3) is 2.61. The maximum absolute atomic E-state index is 13.4. The van der Waals surface area contributed by atoms with Crippen LogP contribution in [0.15, 0.2) is 57.7 Å². The van der Waals surface area contributed by atoms with E-state index in [2.05, 4.69) is 5.32 Å². The summed E-state index contributed by atoms with van der Waals surface area (Å²) < 4.78 is 10.9. The van der Waals surface area contributed by atoms with E-state index in [0.717, 1.165) is 10.5 Å². The number of hydrogen-bond donors (Lipinski definition) is 1. The lowest BCUT2D eigenvalue weighted by Gasteiger charge is -2.33. The van der Waals surface area contributed by atoms with Crippen LogP contribution in [0, 0.1) is 6.92 Å². The lowest BCUT2D eigenvalue weighted by Crippen LogP contribution is -2.47. The van der Waals surface area contributed by atoms with E-state index in [4.69, 9.17) is 9.15 Å². The molecule has 0 saturated carbocycles. The number of rotatable bonds is 2. The molecule has 0 radical (unpaired) electrons. The molecule has 2 aliphatic rings. The van der Waals surface area contributed by atoms with Gasteiger partial charge in [-0.1, -0.05) is 30.3 Å². The van der Waals surface area contributed by atoms with E-state index in [1.165, 1.54) is 6.07 Å². The van der Waals surface area contributed by atoms with Crippen LogP contribution >= 0.6 is 0 Å². The average molecular weight is 390 g/mol. The van der Waals surface area contributed by atoms with Crippen molar-refractivity contribution < 1.29 is 18.7 Å². The van der Waals surface area contributed by atoms with Crippen molar-refractivity contribution in [1.82, 2.24) is 10.2 Å². The molecule has 1 saturated heterocycles. The van der Waals surface area contributed by atoms with Crippen molar-refractivity contribution in [2.45, 2.75) is 25.4 Å². The Kier molecular flexibility index (Phi) is 3.74. The van der Waals surface area contributed by atoms with E-state index in [9.17, 15) is 14.4 Å². The molecule has 1 spiro atoms. The van der Waals surface area contributed by atoms with Crippen LogP contribution in [-0.4, -0.2) is 23.4 Å². The third-order valence-corrected chi connectivity index (χ3v) is 5.57.